The van der Waals surface area contributed by atoms with Crippen molar-refractivity contribution in [3.05, 3.63) is 101 Å². The van der Waals surface area contributed by atoms with Gasteiger partial charge in [0.1, 0.15) is 11.8 Å². The van der Waals surface area contributed by atoms with Crippen molar-refractivity contribution in [3.8, 4) is 5.75 Å². The molecular weight excluding hydrogens is 468 g/mol. The summed E-state index contributed by atoms with van der Waals surface area (Å²) in [4.78, 5) is 63.4. The van der Waals surface area contributed by atoms with E-state index < -0.39 is 41.2 Å². The molecule has 0 spiro atoms. The van der Waals surface area contributed by atoms with Crippen LogP contribution in [0.2, 0.25) is 0 Å². The van der Waals surface area contributed by atoms with Gasteiger partial charge in [-0.25, -0.2) is 9.91 Å². The molecule has 1 unspecified atom stereocenters. The van der Waals surface area contributed by atoms with E-state index in [1.165, 1.54) is 18.2 Å². The largest absolute Gasteiger partial charge is 0.484 e. The molecule has 36 heavy (non-hydrogen) atoms. The lowest BCUT2D eigenvalue weighted by molar-refractivity contribution is -0.384. The maximum atomic E-state index is 13.2. The first-order valence-electron chi connectivity index (χ1n) is 10.8. The third-order valence-electron chi connectivity index (χ3n) is 5.36. The molecule has 1 aliphatic heterocycles. The van der Waals surface area contributed by atoms with Gasteiger partial charge >= 0.3 is 0 Å². The SMILES string of the molecule is O=C(NN(C(=O)COc1ccccc1)C1CC(=O)N(c2ccccc2)C1=O)c1cccc([N+](=O)[O-])c1. The van der Waals surface area contributed by atoms with Crippen LogP contribution >= 0.6 is 0 Å². The Hall–Kier alpha value is -5.06. The first-order valence-corrected chi connectivity index (χ1v) is 10.8. The molecule has 1 atom stereocenters. The van der Waals surface area contributed by atoms with Gasteiger partial charge in [-0.15, -0.1) is 0 Å². The van der Waals surface area contributed by atoms with Crippen LogP contribution in [0.15, 0.2) is 84.9 Å². The van der Waals surface area contributed by atoms with E-state index in [1.807, 2.05) is 0 Å². The number of nitro benzene ring substituents is 1. The minimum atomic E-state index is -1.34. The molecule has 11 heteroatoms. The molecule has 3 aromatic carbocycles. The fraction of sp³-hybridized carbons (Fsp3) is 0.120. The van der Waals surface area contributed by atoms with Gasteiger partial charge in [0.15, 0.2) is 6.61 Å². The van der Waals surface area contributed by atoms with E-state index in [1.54, 1.807) is 60.7 Å². The zero-order valence-electron chi connectivity index (χ0n) is 18.8. The number of amides is 4. The molecule has 1 N–H and O–H groups in total. The van der Waals surface area contributed by atoms with Gasteiger partial charge in [-0.3, -0.25) is 34.7 Å². The van der Waals surface area contributed by atoms with Crippen LogP contribution in [0, 0.1) is 10.1 Å². The Balaban J connectivity index is 1.60. The van der Waals surface area contributed by atoms with Crippen molar-refractivity contribution in [1.82, 2.24) is 10.4 Å². The van der Waals surface area contributed by atoms with Crippen molar-refractivity contribution in [1.29, 1.82) is 0 Å². The number of carbonyl (C=O) groups is 4. The Morgan fingerprint density at radius 2 is 1.67 bits per heavy atom. The summed E-state index contributed by atoms with van der Waals surface area (Å²) in [6.07, 6.45) is -0.375. The molecule has 4 rings (SSSR count). The van der Waals surface area contributed by atoms with Crippen LogP contribution < -0.4 is 15.1 Å². The highest BCUT2D eigenvalue weighted by atomic mass is 16.6. The summed E-state index contributed by atoms with van der Waals surface area (Å²) in [5.41, 5.74) is 2.24. The molecule has 1 heterocycles. The van der Waals surface area contributed by atoms with E-state index in [-0.39, 0.29) is 17.7 Å². The van der Waals surface area contributed by atoms with E-state index in [4.69, 9.17) is 4.74 Å². The van der Waals surface area contributed by atoms with Gasteiger partial charge in [-0.1, -0.05) is 42.5 Å². The van der Waals surface area contributed by atoms with Crippen molar-refractivity contribution >= 4 is 35.0 Å². The summed E-state index contributed by atoms with van der Waals surface area (Å²) < 4.78 is 5.48. The number of hydrogen-bond donors (Lipinski definition) is 1. The molecule has 4 amide bonds. The highest BCUT2D eigenvalue weighted by molar-refractivity contribution is 6.23. The van der Waals surface area contributed by atoms with E-state index in [0.717, 1.165) is 16.0 Å². The molecular formula is C25H20N4O7. The second-order valence-electron chi connectivity index (χ2n) is 7.74. The summed E-state index contributed by atoms with van der Waals surface area (Å²) in [6, 6.07) is 20.2. The number of ether oxygens (including phenoxy) is 1. The molecule has 182 valence electrons. The minimum absolute atomic E-state index is 0.109. The highest BCUT2D eigenvalue weighted by Crippen LogP contribution is 2.25. The number of nitrogens with zero attached hydrogens (tertiary/aromatic N) is 3. The number of anilines is 1. The molecule has 1 saturated heterocycles. The van der Waals surface area contributed by atoms with Crippen molar-refractivity contribution in [3.63, 3.8) is 0 Å². The minimum Gasteiger partial charge on any atom is -0.484 e. The van der Waals surface area contributed by atoms with Crippen LogP contribution in [0.4, 0.5) is 11.4 Å². The second-order valence-corrected chi connectivity index (χ2v) is 7.74. The molecule has 0 radical (unpaired) electrons. The van der Waals surface area contributed by atoms with E-state index in [2.05, 4.69) is 5.43 Å². The summed E-state index contributed by atoms with van der Waals surface area (Å²) >= 11 is 0. The van der Waals surface area contributed by atoms with Crippen LogP contribution in [0.1, 0.15) is 16.8 Å². The van der Waals surface area contributed by atoms with Crippen LogP contribution in [0.5, 0.6) is 5.75 Å². The maximum Gasteiger partial charge on any atom is 0.279 e. The number of rotatable bonds is 7. The summed E-state index contributed by atoms with van der Waals surface area (Å²) in [5.74, 6) is -2.54. The second kappa shape index (κ2) is 10.5. The number of para-hydroxylation sites is 2. The lowest BCUT2D eigenvalue weighted by atomic mass is 10.2. The Kier molecular flexibility index (Phi) is 7.00. The lowest BCUT2D eigenvalue weighted by Gasteiger charge is -2.27. The average Bonchev–Trinajstić information content (AvgIpc) is 3.20. The normalized spacial score (nSPS) is 14.9. The smallest absolute Gasteiger partial charge is 0.279 e. The van der Waals surface area contributed by atoms with Gasteiger partial charge in [-0.2, -0.15) is 0 Å². The Labute approximate surface area is 205 Å². The van der Waals surface area contributed by atoms with Gasteiger partial charge in [0, 0.05) is 17.7 Å². The number of hydrazine groups is 1. The van der Waals surface area contributed by atoms with Crippen molar-refractivity contribution < 1.29 is 28.8 Å². The summed E-state index contributed by atoms with van der Waals surface area (Å²) in [5, 5.41) is 11.8. The van der Waals surface area contributed by atoms with Gasteiger partial charge in [0.05, 0.1) is 17.0 Å². The Bertz CT molecular complexity index is 1310. The van der Waals surface area contributed by atoms with Gasteiger partial charge in [0.25, 0.3) is 23.4 Å². The Morgan fingerprint density at radius 3 is 2.33 bits per heavy atom. The van der Waals surface area contributed by atoms with E-state index in [0.29, 0.717) is 11.4 Å². The number of nitro groups is 1. The van der Waals surface area contributed by atoms with Crippen LogP contribution in [0.25, 0.3) is 0 Å². The third kappa shape index (κ3) is 5.20. The van der Waals surface area contributed by atoms with Crippen molar-refractivity contribution in [2.24, 2.45) is 0 Å². The van der Waals surface area contributed by atoms with Crippen LogP contribution in [-0.2, 0) is 14.4 Å². The van der Waals surface area contributed by atoms with Gasteiger partial charge in [0.2, 0.25) is 5.91 Å². The number of hydrogen-bond acceptors (Lipinski definition) is 7. The summed E-state index contributed by atoms with van der Waals surface area (Å²) in [6.45, 7) is -0.539. The van der Waals surface area contributed by atoms with E-state index in [9.17, 15) is 29.3 Å². The zero-order chi connectivity index (χ0) is 25.7. The summed E-state index contributed by atoms with van der Waals surface area (Å²) in [7, 11) is 0. The van der Waals surface area contributed by atoms with Crippen LogP contribution in [-0.4, -0.2) is 46.2 Å². The quantitative estimate of drug-likeness (QED) is 0.306. The van der Waals surface area contributed by atoms with Gasteiger partial charge < -0.3 is 4.74 Å². The molecule has 11 nitrogen and oxygen atoms in total. The number of imide groups is 1. The maximum absolute atomic E-state index is 13.2. The van der Waals surface area contributed by atoms with Gasteiger partial charge in [-0.05, 0) is 30.3 Å². The monoisotopic (exact) mass is 488 g/mol. The molecule has 1 fully saturated rings. The van der Waals surface area contributed by atoms with Crippen LogP contribution in [0.3, 0.4) is 0 Å². The number of non-ortho nitro benzene ring substituents is 1. The van der Waals surface area contributed by atoms with Crippen molar-refractivity contribution in [2.45, 2.75) is 12.5 Å². The first kappa shape index (κ1) is 24.1. The average molecular weight is 488 g/mol. The Morgan fingerprint density at radius 1 is 1.00 bits per heavy atom. The molecule has 1 aliphatic rings. The fourth-order valence-corrected chi connectivity index (χ4v) is 3.65. The molecule has 0 saturated carbocycles. The topological polar surface area (TPSA) is 139 Å². The standard InChI is InChI=1S/C25H20N4O7/c30-22-15-21(25(33)27(22)18-9-3-1-4-10-18)28(23(31)16-36-20-12-5-2-6-13-20)26-24(32)17-8-7-11-19(14-17)29(34)35/h1-14,21H,15-16H2,(H,26,32). The van der Waals surface area contributed by atoms with E-state index >= 15 is 0 Å². The first-order chi connectivity index (χ1) is 17.3. The number of nitrogens with one attached hydrogen (secondary N) is 1. The lowest BCUT2D eigenvalue weighted by Crippen LogP contribution is -2.56. The molecule has 0 bridgehead atoms. The molecule has 0 aromatic heterocycles. The highest BCUT2D eigenvalue weighted by Gasteiger charge is 2.45. The fourth-order valence-electron chi connectivity index (χ4n) is 3.65. The molecule has 0 aliphatic carbocycles. The zero-order valence-corrected chi connectivity index (χ0v) is 18.8. The third-order valence-corrected chi connectivity index (χ3v) is 5.36. The number of benzene rings is 3. The number of carbonyl (C=O) groups excluding carboxylic acids is 4. The predicted octanol–water partition coefficient (Wildman–Crippen LogP) is 2.48. The molecule has 3 aromatic rings. The predicted molar refractivity (Wildman–Crippen MR) is 127 cm³/mol. The van der Waals surface area contributed by atoms with Crippen molar-refractivity contribution in [2.75, 3.05) is 11.5 Å².